The molecule has 0 aromatic heterocycles. The van der Waals surface area contributed by atoms with E-state index in [1.807, 2.05) is 0 Å². The number of thioether (sulfide) groups is 1. The van der Waals surface area contributed by atoms with Gasteiger partial charge in [0.05, 0.1) is 0 Å². The summed E-state index contributed by atoms with van der Waals surface area (Å²) in [6.45, 7) is 2.12. The number of aryl methyl sites for hydroxylation is 1. The maximum absolute atomic E-state index is 3.61. The highest BCUT2D eigenvalue weighted by atomic mass is 79.9. The maximum atomic E-state index is 3.61. The lowest BCUT2D eigenvalue weighted by Crippen LogP contribution is -2.24. The van der Waals surface area contributed by atoms with Crippen molar-refractivity contribution in [1.82, 2.24) is 0 Å². The first-order valence-electron chi connectivity index (χ1n) is 5.36. The normalized spacial score (nSPS) is 17.7. The highest BCUT2D eigenvalue weighted by molar-refractivity contribution is 9.10. The molecule has 15 heavy (non-hydrogen) atoms. The molecule has 1 fully saturated rings. The number of hydrogen-bond acceptors (Lipinski definition) is 2. The van der Waals surface area contributed by atoms with Crippen LogP contribution in [0.4, 0.5) is 5.69 Å². The number of halogens is 1. The summed E-state index contributed by atoms with van der Waals surface area (Å²) in [6, 6.07) is 7.17. The van der Waals surface area contributed by atoms with E-state index in [2.05, 4.69) is 58.1 Å². The van der Waals surface area contributed by atoms with E-state index >= 15 is 0 Å². The van der Waals surface area contributed by atoms with Gasteiger partial charge in [-0.05, 0) is 49.0 Å². The topological polar surface area (TPSA) is 12.0 Å². The quantitative estimate of drug-likeness (QED) is 0.879. The van der Waals surface area contributed by atoms with Crippen LogP contribution in [0.25, 0.3) is 0 Å². The Morgan fingerprint density at radius 2 is 2.07 bits per heavy atom. The van der Waals surface area contributed by atoms with Gasteiger partial charge in [-0.25, -0.2) is 0 Å². The third kappa shape index (κ3) is 3.15. The summed E-state index contributed by atoms with van der Waals surface area (Å²) in [5, 5.41) is 3.61. The molecule has 0 atom stereocenters. The molecular formula is C12H16BrNS. The van der Waals surface area contributed by atoms with Crippen LogP contribution < -0.4 is 5.32 Å². The van der Waals surface area contributed by atoms with E-state index in [4.69, 9.17) is 0 Å². The van der Waals surface area contributed by atoms with Gasteiger partial charge in [-0.3, -0.25) is 0 Å². The summed E-state index contributed by atoms with van der Waals surface area (Å²) >= 11 is 5.63. The minimum atomic E-state index is 0.667. The van der Waals surface area contributed by atoms with Crippen LogP contribution in [0.1, 0.15) is 18.4 Å². The predicted molar refractivity (Wildman–Crippen MR) is 72.8 cm³/mol. The second kappa shape index (κ2) is 5.26. The Bertz CT molecular complexity index is 334. The summed E-state index contributed by atoms with van der Waals surface area (Å²) in [4.78, 5) is 0. The third-order valence-corrected chi connectivity index (χ3v) is 4.67. The summed E-state index contributed by atoms with van der Waals surface area (Å²) in [5.74, 6) is 2.59. The van der Waals surface area contributed by atoms with Crippen molar-refractivity contribution < 1.29 is 0 Å². The minimum absolute atomic E-state index is 0.667. The van der Waals surface area contributed by atoms with Crippen molar-refractivity contribution >= 4 is 33.4 Å². The van der Waals surface area contributed by atoms with E-state index < -0.39 is 0 Å². The number of hydrogen-bond donors (Lipinski definition) is 1. The van der Waals surface area contributed by atoms with Gasteiger partial charge in [-0.2, -0.15) is 11.8 Å². The summed E-state index contributed by atoms with van der Waals surface area (Å²) < 4.78 is 1.19. The van der Waals surface area contributed by atoms with Crippen molar-refractivity contribution in [2.24, 2.45) is 0 Å². The Morgan fingerprint density at radius 3 is 2.73 bits per heavy atom. The van der Waals surface area contributed by atoms with Crippen molar-refractivity contribution in [2.75, 3.05) is 16.8 Å². The molecule has 0 aliphatic carbocycles. The van der Waals surface area contributed by atoms with Crippen LogP contribution in [0, 0.1) is 6.92 Å². The molecule has 1 aliphatic rings. The number of benzene rings is 1. The molecule has 0 radical (unpaired) electrons. The molecule has 1 N–H and O–H groups in total. The number of anilines is 1. The Kier molecular flexibility index (Phi) is 3.98. The SMILES string of the molecule is Cc1ccc(NC2CCSCC2)cc1Br. The monoisotopic (exact) mass is 285 g/mol. The van der Waals surface area contributed by atoms with E-state index in [1.54, 1.807) is 0 Å². The van der Waals surface area contributed by atoms with Gasteiger partial charge in [0.15, 0.2) is 0 Å². The molecule has 1 aromatic rings. The van der Waals surface area contributed by atoms with Gasteiger partial charge >= 0.3 is 0 Å². The summed E-state index contributed by atoms with van der Waals surface area (Å²) in [6.07, 6.45) is 2.58. The molecule has 1 heterocycles. The summed E-state index contributed by atoms with van der Waals surface area (Å²) in [7, 11) is 0. The van der Waals surface area contributed by atoms with E-state index in [-0.39, 0.29) is 0 Å². The molecule has 2 rings (SSSR count). The predicted octanol–water partition coefficient (Wildman–Crippen LogP) is 4.07. The first-order chi connectivity index (χ1) is 7.25. The fourth-order valence-corrected chi connectivity index (χ4v) is 3.25. The minimum Gasteiger partial charge on any atom is -0.382 e. The second-order valence-electron chi connectivity index (χ2n) is 3.99. The van der Waals surface area contributed by atoms with E-state index in [0.29, 0.717) is 6.04 Å². The zero-order valence-electron chi connectivity index (χ0n) is 8.92. The van der Waals surface area contributed by atoms with Crippen molar-refractivity contribution in [3.63, 3.8) is 0 Å². The average Bonchev–Trinajstić information content (AvgIpc) is 2.25. The van der Waals surface area contributed by atoms with Crippen molar-refractivity contribution in [3.8, 4) is 0 Å². The zero-order valence-corrected chi connectivity index (χ0v) is 11.3. The van der Waals surface area contributed by atoms with Crippen LogP contribution in [-0.4, -0.2) is 17.5 Å². The molecular weight excluding hydrogens is 270 g/mol. The molecule has 0 bridgehead atoms. The molecule has 0 spiro atoms. The fourth-order valence-electron chi connectivity index (χ4n) is 1.76. The molecule has 3 heteroatoms. The third-order valence-electron chi connectivity index (χ3n) is 2.76. The van der Waals surface area contributed by atoms with Crippen LogP contribution in [0.2, 0.25) is 0 Å². The second-order valence-corrected chi connectivity index (χ2v) is 6.07. The molecule has 1 aliphatic heterocycles. The smallest absolute Gasteiger partial charge is 0.0353 e. The molecule has 0 unspecified atom stereocenters. The largest absolute Gasteiger partial charge is 0.382 e. The van der Waals surface area contributed by atoms with Gasteiger partial charge in [0.2, 0.25) is 0 Å². The Labute approximate surface area is 104 Å². The van der Waals surface area contributed by atoms with Crippen LogP contribution >= 0.6 is 27.7 Å². The lowest BCUT2D eigenvalue weighted by Gasteiger charge is -2.23. The molecule has 0 amide bonds. The lowest BCUT2D eigenvalue weighted by molar-refractivity contribution is 0.667. The van der Waals surface area contributed by atoms with Crippen LogP contribution in [0.15, 0.2) is 22.7 Å². The van der Waals surface area contributed by atoms with Crippen molar-refractivity contribution in [3.05, 3.63) is 28.2 Å². The standard InChI is InChI=1S/C12H16BrNS/c1-9-2-3-11(8-12(9)13)14-10-4-6-15-7-5-10/h2-3,8,10,14H,4-7H2,1H3. The van der Waals surface area contributed by atoms with Crippen molar-refractivity contribution in [2.45, 2.75) is 25.8 Å². The highest BCUT2D eigenvalue weighted by Crippen LogP contribution is 2.24. The molecule has 1 aromatic carbocycles. The van der Waals surface area contributed by atoms with Crippen molar-refractivity contribution in [1.29, 1.82) is 0 Å². The molecule has 1 saturated heterocycles. The van der Waals surface area contributed by atoms with Crippen LogP contribution in [0.3, 0.4) is 0 Å². The maximum Gasteiger partial charge on any atom is 0.0353 e. The van der Waals surface area contributed by atoms with Crippen LogP contribution in [0.5, 0.6) is 0 Å². The van der Waals surface area contributed by atoms with Gasteiger partial charge in [0, 0.05) is 16.2 Å². The van der Waals surface area contributed by atoms with E-state index in [0.717, 1.165) is 0 Å². The van der Waals surface area contributed by atoms with E-state index in [1.165, 1.54) is 40.1 Å². The highest BCUT2D eigenvalue weighted by Gasteiger charge is 2.13. The van der Waals surface area contributed by atoms with Crippen LogP contribution in [-0.2, 0) is 0 Å². The first kappa shape index (κ1) is 11.3. The zero-order chi connectivity index (χ0) is 10.7. The van der Waals surface area contributed by atoms with Gasteiger partial charge < -0.3 is 5.32 Å². The van der Waals surface area contributed by atoms with Gasteiger partial charge in [0.25, 0.3) is 0 Å². The van der Waals surface area contributed by atoms with Gasteiger partial charge in [-0.1, -0.05) is 22.0 Å². The van der Waals surface area contributed by atoms with Gasteiger partial charge in [0.1, 0.15) is 0 Å². The first-order valence-corrected chi connectivity index (χ1v) is 7.31. The van der Waals surface area contributed by atoms with Gasteiger partial charge in [-0.15, -0.1) is 0 Å². The number of rotatable bonds is 2. The Balaban J connectivity index is 2.00. The summed E-state index contributed by atoms with van der Waals surface area (Å²) in [5.41, 5.74) is 2.53. The Hall–Kier alpha value is -0.150. The Morgan fingerprint density at radius 1 is 1.33 bits per heavy atom. The average molecular weight is 286 g/mol. The fraction of sp³-hybridized carbons (Fsp3) is 0.500. The molecule has 1 nitrogen and oxygen atoms in total. The van der Waals surface area contributed by atoms with E-state index in [9.17, 15) is 0 Å². The number of nitrogens with one attached hydrogen (secondary N) is 1. The molecule has 82 valence electrons. The molecule has 0 saturated carbocycles. The lowest BCUT2D eigenvalue weighted by atomic mass is 10.1.